The first kappa shape index (κ1) is 10.9. The molecule has 1 unspecified atom stereocenters. The fraction of sp³-hybridized carbons (Fsp3) is 1.00. The van der Waals surface area contributed by atoms with Crippen molar-refractivity contribution in [3.05, 3.63) is 0 Å². The molecule has 1 heterocycles. The first-order valence-corrected chi connectivity index (χ1v) is 5.11. The molecule has 0 aromatic rings. The Hall–Kier alpha value is -0.180. The standard InChI is InChI=1S/C10H19F2N/c1-3-9(10(11)12)8-4-6-13(2)7-5-8/h8-10H,3-7H2,1-2H3. The Balaban J connectivity index is 2.41. The van der Waals surface area contributed by atoms with Crippen LogP contribution in [0.1, 0.15) is 26.2 Å². The van der Waals surface area contributed by atoms with Crippen LogP contribution in [-0.4, -0.2) is 31.5 Å². The van der Waals surface area contributed by atoms with Gasteiger partial charge in [-0.05, 0) is 45.3 Å². The van der Waals surface area contributed by atoms with Crippen molar-refractivity contribution in [2.45, 2.75) is 32.6 Å². The van der Waals surface area contributed by atoms with E-state index < -0.39 is 6.43 Å². The van der Waals surface area contributed by atoms with Gasteiger partial charge in [-0.2, -0.15) is 0 Å². The van der Waals surface area contributed by atoms with E-state index in [1.165, 1.54) is 0 Å². The summed E-state index contributed by atoms with van der Waals surface area (Å²) < 4.78 is 25.1. The normalized spacial score (nSPS) is 23.8. The molecule has 78 valence electrons. The fourth-order valence-electron chi connectivity index (χ4n) is 2.17. The summed E-state index contributed by atoms with van der Waals surface area (Å²) in [5.74, 6) is -0.116. The summed E-state index contributed by atoms with van der Waals surface area (Å²) in [6.45, 7) is 3.83. The van der Waals surface area contributed by atoms with Crippen molar-refractivity contribution in [2.75, 3.05) is 20.1 Å². The Morgan fingerprint density at radius 2 is 1.85 bits per heavy atom. The van der Waals surface area contributed by atoms with Gasteiger partial charge in [-0.25, -0.2) is 8.78 Å². The van der Waals surface area contributed by atoms with Crippen LogP contribution in [0.4, 0.5) is 8.78 Å². The highest BCUT2D eigenvalue weighted by atomic mass is 19.3. The zero-order valence-electron chi connectivity index (χ0n) is 8.47. The van der Waals surface area contributed by atoms with E-state index in [1.54, 1.807) is 0 Å². The highest BCUT2D eigenvalue weighted by molar-refractivity contribution is 4.77. The Morgan fingerprint density at radius 1 is 1.31 bits per heavy atom. The number of hydrogen-bond acceptors (Lipinski definition) is 1. The lowest BCUT2D eigenvalue weighted by molar-refractivity contribution is 0.0209. The molecule has 0 amide bonds. The van der Waals surface area contributed by atoms with E-state index in [4.69, 9.17) is 0 Å². The van der Waals surface area contributed by atoms with Gasteiger partial charge in [0.2, 0.25) is 6.43 Å². The van der Waals surface area contributed by atoms with Crippen molar-refractivity contribution in [3.8, 4) is 0 Å². The van der Waals surface area contributed by atoms with E-state index in [1.807, 2.05) is 6.92 Å². The molecular weight excluding hydrogens is 172 g/mol. The fourth-order valence-corrected chi connectivity index (χ4v) is 2.17. The van der Waals surface area contributed by atoms with E-state index in [2.05, 4.69) is 11.9 Å². The second-order valence-electron chi connectivity index (χ2n) is 4.05. The van der Waals surface area contributed by atoms with Gasteiger partial charge >= 0.3 is 0 Å². The number of rotatable bonds is 3. The van der Waals surface area contributed by atoms with Crippen LogP contribution in [-0.2, 0) is 0 Å². The molecule has 0 N–H and O–H groups in total. The van der Waals surface area contributed by atoms with Gasteiger partial charge in [0.25, 0.3) is 0 Å². The summed E-state index contributed by atoms with van der Waals surface area (Å²) in [7, 11) is 2.06. The van der Waals surface area contributed by atoms with Crippen LogP contribution in [0.25, 0.3) is 0 Å². The van der Waals surface area contributed by atoms with Crippen LogP contribution in [0.3, 0.4) is 0 Å². The minimum atomic E-state index is -2.13. The topological polar surface area (TPSA) is 3.24 Å². The largest absolute Gasteiger partial charge is 0.306 e. The summed E-state index contributed by atoms with van der Waals surface area (Å²) in [5.41, 5.74) is 0. The van der Waals surface area contributed by atoms with Crippen molar-refractivity contribution in [1.82, 2.24) is 4.90 Å². The number of hydrogen-bond donors (Lipinski definition) is 0. The first-order chi connectivity index (χ1) is 6.15. The number of piperidine rings is 1. The second kappa shape index (κ2) is 4.89. The van der Waals surface area contributed by atoms with Crippen molar-refractivity contribution in [3.63, 3.8) is 0 Å². The molecule has 0 aromatic carbocycles. The Kier molecular flexibility index (Phi) is 4.10. The summed E-state index contributed by atoms with van der Waals surface area (Å²) in [4.78, 5) is 2.22. The average molecular weight is 191 g/mol. The number of halogens is 2. The van der Waals surface area contributed by atoms with Crippen molar-refractivity contribution in [2.24, 2.45) is 11.8 Å². The number of nitrogens with zero attached hydrogens (tertiary/aromatic N) is 1. The molecule has 0 spiro atoms. The first-order valence-electron chi connectivity index (χ1n) is 5.11. The molecule has 1 nitrogen and oxygen atoms in total. The highest BCUT2D eigenvalue weighted by Crippen LogP contribution is 2.31. The summed E-state index contributed by atoms with van der Waals surface area (Å²) in [6, 6.07) is 0. The SMILES string of the molecule is CCC(C(F)F)C1CCN(C)CC1. The lowest BCUT2D eigenvalue weighted by atomic mass is 9.83. The van der Waals surface area contributed by atoms with Gasteiger partial charge in [0.05, 0.1) is 0 Å². The molecule has 1 atom stereocenters. The molecule has 1 aliphatic rings. The lowest BCUT2D eigenvalue weighted by Crippen LogP contribution is -2.35. The van der Waals surface area contributed by atoms with Gasteiger partial charge in [-0.3, -0.25) is 0 Å². The molecule has 0 saturated carbocycles. The van der Waals surface area contributed by atoms with Gasteiger partial charge < -0.3 is 4.90 Å². The van der Waals surface area contributed by atoms with Gasteiger partial charge in [-0.15, -0.1) is 0 Å². The van der Waals surface area contributed by atoms with E-state index in [0.717, 1.165) is 25.9 Å². The molecule has 0 bridgehead atoms. The van der Waals surface area contributed by atoms with E-state index in [0.29, 0.717) is 6.42 Å². The summed E-state index contributed by atoms with van der Waals surface area (Å²) in [6.07, 6.45) is 0.378. The van der Waals surface area contributed by atoms with E-state index >= 15 is 0 Å². The van der Waals surface area contributed by atoms with Crippen LogP contribution >= 0.6 is 0 Å². The maximum Gasteiger partial charge on any atom is 0.241 e. The van der Waals surface area contributed by atoms with E-state index in [9.17, 15) is 8.78 Å². The average Bonchev–Trinajstić information content (AvgIpc) is 2.09. The van der Waals surface area contributed by atoms with Crippen LogP contribution in [0.5, 0.6) is 0 Å². The van der Waals surface area contributed by atoms with Crippen molar-refractivity contribution in [1.29, 1.82) is 0 Å². The minimum absolute atomic E-state index is 0.251. The maximum absolute atomic E-state index is 12.6. The molecule has 1 aliphatic heterocycles. The molecule has 0 aromatic heterocycles. The van der Waals surface area contributed by atoms with Gasteiger partial charge in [0.1, 0.15) is 0 Å². The third-order valence-electron chi connectivity index (χ3n) is 3.16. The molecule has 3 heteroatoms. The minimum Gasteiger partial charge on any atom is -0.306 e. The third-order valence-corrected chi connectivity index (χ3v) is 3.16. The molecule has 13 heavy (non-hydrogen) atoms. The zero-order chi connectivity index (χ0) is 9.84. The van der Waals surface area contributed by atoms with Crippen LogP contribution in [0.2, 0.25) is 0 Å². The predicted molar refractivity (Wildman–Crippen MR) is 50.0 cm³/mol. The number of likely N-dealkylation sites (tertiary alicyclic amines) is 1. The summed E-state index contributed by atoms with van der Waals surface area (Å²) in [5, 5.41) is 0. The number of alkyl halides is 2. The molecule has 1 saturated heterocycles. The molecular formula is C10H19F2N. The third kappa shape index (κ3) is 2.90. The zero-order valence-corrected chi connectivity index (χ0v) is 8.47. The summed E-state index contributed by atoms with van der Waals surface area (Å²) >= 11 is 0. The predicted octanol–water partition coefficient (Wildman–Crippen LogP) is 2.62. The monoisotopic (exact) mass is 191 g/mol. The van der Waals surface area contributed by atoms with Crippen LogP contribution in [0.15, 0.2) is 0 Å². The van der Waals surface area contributed by atoms with Crippen molar-refractivity contribution < 1.29 is 8.78 Å². The molecule has 1 fully saturated rings. The van der Waals surface area contributed by atoms with Gasteiger partial charge in [0, 0.05) is 5.92 Å². The van der Waals surface area contributed by atoms with E-state index in [-0.39, 0.29) is 11.8 Å². The van der Waals surface area contributed by atoms with Gasteiger partial charge in [0.15, 0.2) is 0 Å². The second-order valence-corrected chi connectivity index (χ2v) is 4.05. The molecule has 0 aliphatic carbocycles. The molecule has 1 rings (SSSR count). The molecule has 0 radical (unpaired) electrons. The highest BCUT2D eigenvalue weighted by Gasteiger charge is 2.30. The van der Waals surface area contributed by atoms with Crippen molar-refractivity contribution >= 4 is 0 Å². The van der Waals surface area contributed by atoms with Crippen LogP contribution in [0, 0.1) is 11.8 Å². The quantitative estimate of drug-likeness (QED) is 0.663. The Bertz CT molecular complexity index is 142. The van der Waals surface area contributed by atoms with Gasteiger partial charge in [-0.1, -0.05) is 6.92 Å². The lowest BCUT2D eigenvalue weighted by Gasteiger charge is -2.33. The maximum atomic E-state index is 12.6. The Morgan fingerprint density at radius 3 is 2.23 bits per heavy atom. The Labute approximate surface area is 79.1 Å². The smallest absolute Gasteiger partial charge is 0.241 e. The van der Waals surface area contributed by atoms with Crippen LogP contribution < -0.4 is 0 Å².